The topological polar surface area (TPSA) is 37.3 Å². The Bertz CT molecular complexity index is 192. The van der Waals surface area contributed by atoms with Crippen molar-refractivity contribution >= 4 is 5.78 Å². The zero-order chi connectivity index (χ0) is 8.43. The molecule has 62 valence electrons. The Kier molecular flexibility index (Phi) is 2.45. The van der Waals surface area contributed by atoms with Crippen LogP contribution in [0, 0.1) is 5.92 Å². The monoisotopic (exact) mass is 154 g/mol. The van der Waals surface area contributed by atoms with Crippen molar-refractivity contribution in [2.45, 2.75) is 32.8 Å². The van der Waals surface area contributed by atoms with E-state index in [-0.39, 0.29) is 5.78 Å². The van der Waals surface area contributed by atoms with E-state index in [1.54, 1.807) is 0 Å². The first-order valence-corrected chi connectivity index (χ1v) is 4.02. The van der Waals surface area contributed by atoms with Gasteiger partial charge in [0.2, 0.25) is 0 Å². The second-order valence-corrected chi connectivity index (χ2v) is 3.33. The molecule has 0 aromatic rings. The Morgan fingerprint density at radius 1 is 1.64 bits per heavy atom. The van der Waals surface area contributed by atoms with Crippen LogP contribution < -0.4 is 0 Å². The molecule has 0 radical (unpaired) electrons. The number of rotatable bonds is 1. The van der Waals surface area contributed by atoms with Gasteiger partial charge in [0.05, 0.1) is 6.10 Å². The van der Waals surface area contributed by atoms with E-state index < -0.39 is 6.10 Å². The van der Waals surface area contributed by atoms with Gasteiger partial charge in [-0.15, -0.1) is 0 Å². The van der Waals surface area contributed by atoms with Gasteiger partial charge in [0.15, 0.2) is 5.78 Å². The van der Waals surface area contributed by atoms with Crippen LogP contribution in [0.25, 0.3) is 0 Å². The summed E-state index contributed by atoms with van der Waals surface area (Å²) in [5.41, 5.74) is 0.885. The molecule has 0 saturated carbocycles. The fourth-order valence-corrected chi connectivity index (χ4v) is 1.35. The normalized spacial score (nSPS) is 25.6. The number of carbonyl (C=O) groups excluding carboxylic acids is 1. The van der Waals surface area contributed by atoms with Gasteiger partial charge in [0, 0.05) is 6.42 Å². The van der Waals surface area contributed by atoms with Crippen molar-refractivity contribution in [3.8, 4) is 0 Å². The zero-order valence-corrected chi connectivity index (χ0v) is 7.00. The van der Waals surface area contributed by atoms with Crippen molar-refractivity contribution in [1.82, 2.24) is 0 Å². The molecule has 0 fully saturated rings. The third-order valence-corrected chi connectivity index (χ3v) is 1.97. The van der Waals surface area contributed by atoms with E-state index >= 15 is 0 Å². The third-order valence-electron chi connectivity index (χ3n) is 1.97. The van der Waals surface area contributed by atoms with Crippen LogP contribution in [0.2, 0.25) is 0 Å². The van der Waals surface area contributed by atoms with Crippen LogP contribution in [0.4, 0.5) is 0 Å². The third kappa shape index (κ3) is 1.90. The highest BCUT2D eigenvalue weighted by molar-refractivity contribution is 5.96. The summed E-state index contributed by atoms with van der Waals surface area (Å²) >= 11 is 0. The Hall–Kier alpha value is -0.630. The molecule has 0 aromatic heterocycles. The number of aliphatic hydroxyl groups excluding tert-OH is 1. The molecule has 0 heterocycles. The summed E-state index contributed by atoms with van der Waals surface area (Å²) in [5, 5.41) is 9.11. The van der Waals surface area contributed by atoms with Crippen LogP contribution in [0.5, 0.6) is 0 Å². The first-order valence-electron chi connectivity index (χ1n) is 4.02. The van der Waals surface area contributed by atoms with Crippen LogP contribution >= 0.6 is 0 Å². The highest BCUT2D eigenvalue weighted by Crippen LogP contribution is 2.20. The first-order chi connectivity index (χ1) is 5.11. The van der Waals surface area contributed by atoms with Gasteiger partial charge >= 0.3 is 0 Å². The summed E-state index contributed by atoms with van der Waals surface area (Å²) in [6, 6.07) is 0. The number of hydrogen-bond donors (Lipinski definition) is 1. The molecule has 0 amide bonds. The SMILES string of the molecule is CC(C)C1=CCC(O)CC1=O. The predicted molar refractivity (Wildman–Crippen MR) is 43.2 cm³/mol. The maximum atomic E-state index is 11.2. The van der Waals surface area contributed by atoms with Crippen LogP contribution in [0.1, 0.15) is 26.7 Å². The van der Waals surface area contributed by atoms with Crippen molar-refractivity contribution in [1.29, 1.82) is 0 Å². The van der Waals surface area contributed by atoms with Crippen molar-refractivity contribution < 1.29 is 9.90 Å². The lowest BCUT2D eigenvalue weighted by Crippen LogP contribution is -2.21. The number of aliphatic hydroxyl groups is 1. The van der Waals surface area contributed by atoms with Gasteiger partial charge in [-0.2, -0.15) is 0 Å². The van der Waals surface area contributed by atoms with Gasteiger partial charge in [-0.1, -0.05) is 19.9 Å². The van der Waals surface area contributed by atoms with Crippen molar-refractivity contribution in [2.24, 2.45) is 5.92 Å². The molecule has 0 bridgehead atoms. The Balaban J connectivity index is 2.73. The average Bonchev–Trinajstić information content (AvgIpc) is 1.85. The van der Waals surface area contributed by atoms with E-state index in [1.165, 1.54) is 0 Å². The van der Waals surface area contributed by atoms with Crippen LogP contribution in [-0.2, 0) is 4.79 Å². The quantitative estimate of drug-likeness (QED) is 0.618. The van der Waals surface area contributed by atoms with E-state index in [4.69, 9.17) is 5.11 Å². The number of hydrogen-bond acceptors (Lipinski definition) is 2. The largest absolute Gasteiger partial charge is 0.392 e. The molecule has 11 heavy (non-hydrogen) atoms. The van der Waals surface area contributed by atoms with Crippen molar-refractivity contribution in [3.05, 3.63) is 11.6 Å². The van der Waals surface area contributed by atoms with Crippen LogP contribution in [0.15, 0.2) is 11.6 Å². The lowest BCUT2D eigenvalue weighted by molar-refractivity contribution is -0.118. The molecule has 1 aliphatic carbocycles. The fourth-order valence-electron chi connectivity index (χ4n) is 1.35. The van der Waals surface area contributed by atoms with E-state index in [0.717, 1.165) is 5.57 Å². The predicted octanol–water partition coefficient (Wildman–Crippen LogP) is 1.29. The average molecular weight is 154 g/mol. The second-order valence-electron chi connectivity index (χ2n) is 3.33. The lowest BCUT2D eigenvalue weighted by Gasteiger charge is -2.18. The molecule has 0 spiro atoms. The van der Waals surface area contributed by atoms with Crippen molar-refractivity contribution in [3.63, 3.8) is 0 Å². The van der Waals surface area contributed by atoms with Gasteiger partial charge in [-0.05, 0) is 17.9 Å². The van der Waals surface area contributed by atoms with Gasteiger partial charge in [-0.25, -0.2) is 0 Å². The Morgan fingerprint density at radius 3 is 2.73 bits per heavy atom. The van der Waals surface area contributed by atoms with E-state index in [0.29, 0.717) is 18.8 Å². The second kappa shape index (κ2) is 3.18. The molecule has 1 aliphatic rings. The summed E-state index contributed by atoms with van der Waals surface area (Å²) in [5.74, 6) is 0.411. The summed E-state index contributed by atoms with van der Waals surface area (Å²) in [7, 11) is 0. The number of allylic oxidation sites excluding steroid dienone is 1. The zero-order valence-electron chi connectivity index (χ0n) is 7.00. The van der Waals surface area contributed by atoms with Crippen LogP contribution in [-0.4, -0.2) is 17.0 Å². The number of carbonyl (C=O) groups is 1. The standard InChI is InChI=1S/C9H14O2/c1-6(2)8-4-3-7(10)5-9(8)11/h4,6-7,10H,3,5H2,1-2H3. The molecule has 1 N–H and O–H groups in total. The van der Waals surface area contributed by atoms with Crippen LogP contribution in [0.3, 0.4) is 0 Å². The van der Waals surface area contributed by atoms with E-state index in [9.17, 15) is 4.79 Å². The fraction of sp³-hybridized carbons (Fsp3) is 0.667. The summed E-state index contributed by atoms with van der Waals surface area (Å²) in [6.45, 7) is 4.00. The van der Waals surface area contributed by atoms with E-state index in [1.807, 2.05) is 19.9 Å². The summed E-state index contributed by atoms with van der Waals surface area (Å²) in [6.07, 6.45) is 2.37. The van der Waals surface area contributed by atoms with Gasteiger partial charge in [0.1, 0.15) is 0 Å². The molecular weight excluding hydrogens is 140 g/mol. The molecule has 0 aliphatic heterocycles. The maximum absolute atomic E-state index is 11.2. The van der Waals surface area contributed by atoms with Gasteiger partial charge in [0.25, 0.3) is 0 Å². The van der Waals surface area contributed by atoms with Crippen molar-refractivity contribution in [2.75, 3.05) is 0 Å². The van der Waals surface area contributed by atoms with E-state index in [2.05, 4.69) is 0 Å². The minimum Gasteiger partial charge on any atom is -0.392 e. The highest BCUT2D eigenvalue weighted by atomic mass is 16.3. The first kappa shape index (κ1) is 8.47. The molecule has 0 saturated heterocycles. The smallest absolute Gasteiger partial charge is 0.161 e. The molecule has 2 nitrogen and oxygen atoms in total. The summed E-state index contributed by atoms with van der Waals surface area (Å²) < 4.78 is 0. The number of ketones is 1. The number of Topliss-reactive ketones (excluding diaryl/α,β-unsaturated/α-hetero) is 1. The lowest BCUT2D eigenvalue weighted by atomic mass is 9.89. The van der Waals surface area contributed by atoms with Gasteiger partial charge < -0.3 is 5.11 Å². The molecule has 2 heteroatoms. The maximum Gasteiger partial charge on any atom is 0.161 e. The molecule has 1 rings (SSSR count). The minimum absolute atomic E-state index is 0.110. The Labute approximate surface area is 66.9 Å². The Morgan fingerprint density at radius 2 is 2.27 bits per heavy atom. The van der Waals surface area contributed by atoms with Gasteiger partial charge in [-0.3, -0.25) is 4.79 Å². The summed E-state index contributed by atoms with van der Waals surface area (Å²) in [4.78, 5) is 11.2. The molecular formula is C9H14O2. The molecule has 1 unspecified atom stereocenters. The highest BCUT2D eigenvalue weighted by Gasteiger charge is 2.21. The molecule has 1 atom stereocenters. The molecule has 0 aromatic carbocycles. The minimum atomic E-state index is -0.440.